The first-order valence-corrected chi connectivity index (χ1v) is 3.67. The first-order valence-electron chi connectivity index (χ1n) is 7.67. The van der Waals surface area contributed by atoms with Crippen LogP contribution in [0, 0.1) is 0 Å². The van der Waals surface area contributed by atoms with E-state index < -0.39 is 36.9 Å². The van der Waals surface area contributed by atoms with Crippen LogP contribution in [0.1, 0.15) is 38.1 Å². The molecule has 2 heteroatoms. The second-order valence-corrected chi connectivity index (χ2v) is 3.72. The quantitative estimate of drug-likeness (QED) is 0.567. The molecule has 0 saturated carbocycles. The van der Waals surface area contributed by atoms with E-state index in [9.17, 15) is 0 Å². The number of fused-ring (bicyclic) bond motifs is 2. The summed E-state index contributed by atoms with van der Waals surface area (Å²) in [6.07, 6.45) is -2.71. The van der Waals surface area contributed by atoms with Crippen LogP contribution in [-0.4, -0.2) is 35.5 Å². The van der Waals surface area contributed by atoms with Gasteiger partial charge in [-0.05, 0) is 27.1 Å². The number of rotatable bonds is 0. The Balaban J connectivity index is 2.80. The highest BCUT2D eigenvalue weighted by Gasteiger charge is 2.41. The third-order valence-electron chi connectivity index (χ3n) is 1.67. The number of hydrogen-bond acceptors (Lipinski definition) is 2. The number of piperazine rings is 1. The highest BCUT2D eigenvalue weighted by Crippen LogP contribution is 2.29. The molecule has 0 radical (unpaired) electrons. The molecular weight excluding hydrogens is 136 g/mol. The predicted octanol–water partition coefficient (Wildman–Crippen LogP) is 0.831. The van der Waals surface area contributed by atoms with Crippen molar-refractivity contribution in [1.82, 2.24) is 10.2 Å². The van der Waals surface area contributed by atoms with Crippen molar-refractivity contribution in [3.63, 3.8) is 0 Å². The molecule has 2 aliphatic heterocycles. The standard InChI is InChI=1S/C9H18N2/c1-9(2,3)11-6-7-4-8(11)5-10-7/h7-8,10H,4-6H2,1-3H3/i4D2,5D2,6D2,7D,8D. The van der Waals surface area contributed by atoms with E-state index in [1.54, 1.807) is 20.8 Å². The minimum atomic E-state index is -2.71. The van der Waals surface area contributed by atoms with Crippen LogP contribution in [0.15, 0.2) is 0 Å². The zero-order chi connectivity index (χ0) is 15.3. The van der Waals surface area contributed by atoms with Gasteiger partial charge in [-0.15, -0.1) is 0 Å². The van der Waals surface area contributed by atoms with Crippen molar-refractivity contribution < 1.29 is 11.0 Å². The van der Waals surface area contributed by atoms with Crippen LogP contribution in [0.25, 0.3) is 0 Å². The number of nitrogens with zero attached hydrogens (tertiary/aromatic N) is 1. The summed E-state index contributed by atoms with van der Waals surface area (Å²) in [5.41, 5.74) is -1.00. The Hall–Kier alpha value is -0.0800. The molecule has 11 heavy (non-hydrogen) atoms. The first-order chi connectivity index (χ1) is 8.07. The Labute approximate surface area is 80.2 Å². The molecule has 0 aromatic heterocycles. The summed E-state index contributed by atoms with van der Waals surface area (Å²) >= 11 is 0. The maximum absolute atomic E-state index is 8.32. The van der Waals surface area contributed by atoms with E-state index in [1.165, 1.54) is 0 Å². The van der Waals surface area contributed by atoms with Gasteiger partial charge >= 0.3 is 0 Å². The summed E-state index contributed by atoms with van der Waals surface area (Å²) in [4.78, 5) is 0.844. The van der Waals surface area contributed by atoms with E-state index >= 15 is 0 Å². The molecule has 2 nitrogen and oxygen atoms in total. The Morgan fingerprint density at radius 2 is 2.36 bits per heavy atom. The Morgan fingerprint density at radius 3 is 2.82 bits per heavy atom. The molecule has 0 amide bonds. The number of nitrogens with one attached hydrogen (secondary N) is 1. The van der Waals surface area contributed by atoms with E-state index in [0.29, 0.717) is 0 Å². The molecule has 2 heterocycles. The predicted molar refractivity (Wildman–Crippen MR) is 46.7 cm³/mol. The second-order valence-electron chi connectivity index (χ2n) is 3.72. The summed E-state index contributed by atoms with van der Waals surface area (Å²) in [5, 5.41) is 2.05. The van der Waals surface area contributed by atoms with Crippen LogP contribution in [0.3, 0.4) is 0 Å². The molecule has 2 bridgehead atoms. The fraction of sp³-hybridized carbons (Fsp3) is 1.00. The van der Waals surface area contributed by atoms with Crippen molar-refractivity contribution in [2.45, 2.75) is 44.7 Å². The fourth-order valence-corrected chi connectivity index (χ4v) is 1.14. The van der Waals surface area contributed by atoms with E-state index in [1.807, 2.05) is 0 Å². The normalized spacial score (nSPS) is 76.3. The maximum Gasteiger partial charge on any atom is 0.0481 e. The van der Waals surface area contributed by atoms with Crippen LogP contribution in [0.4, 0.5) is 0 Å². The topological polar surface area (TPSA) is 15.3 Å². The SMILES string of the molecule is [2H]C1([2H])NC2([2H])C([2H])([2H])N(C(C)(C)C)C1([2H])C2([2H])[2H]. The second kappa shape index (κ2) is 2.20. The molecule has 2 fully saturated rings. The van der Waals surface area contributed by atoms with Gasteiger partial charge < -0.3 is 5.32 Å². The lowest BCUT2D eigenvalue weighted by Gasteiger charge is -2.38. The third kappa shape index (κ3) is 1.18. The molecule has 64 valence electrons. The minimum Gasteiger partial charge on any atom is -0.311 e. The molecule has 2 saturated heterocycles. The van der Waals surface area contributed by atoms with Gasteiger partial charge in [-0.3, -0.25) is 4.90 Å². The van der Waals surface area contributed by atoms with Crippen molar-refractivity contribution >= 4 is 0 Å². The number of hydrogen-bond donors (Lipinski definition) is 1. The highest BCUT2D eigenvalue weighted by atomic mass is 15.3. The fourth-order valence-electron chi connectivity index (χ4n) is 1.14. The lowest BCUT2D eigenvalue weighted by atomic mass is 10.0. The van der Waals surface area contributed by atoms with E-state index in [4.69, 9.17) is 11.0 Å². The lowest BCUT2D eigenvalue weighted by molar-refractivity contribution is 0.106. The lowest BCUT2D eigenvalue weighted by Crippen LogP contribution is -2.52. The Bertz CT molecular complexity index is 430. The van der Waals surface area contributed by atoms with Gasteiger partial charge in [-0.25, -0.2) is 0 Å². The molecule has 0 aliphatic carbocycles. The molecular formula is C9H18N2. The molecule has 2 unspecified atom stereocenters. The molecule has 0 spiro atoms. The van der Waals surface area contributed by atoms with Crippen LogP contribution >= 0.6 is 0 Å². The van der Waals surface area contributed by atoms with Crippen molar-refractivity contribution in [2.24, 2.45) is 0 Å². The highest BCUT2D eigenvalue weighted by molar-refractivity contribution is 5.01. The van der Waals surface area contributed by atoms with Crippen LogP contribution < -0.4 is 5.32 Å². The largest absolute Gasteiger partial charge is 0.311 e. The van der Waals surface area contributed by atoms with Crippen molar-refractivity contribution in [3.05, 3.63) is 0 Å². The zero-order valence-corrected chi connectivity index (χ0v) is 6.95. The average Bonchev–Trinajstić information content (AvgIpc) is 2.25. The summed E-state index contributed by atoms with van der Waals surface area (Å²) < 4.78 is 64.2. The van der Waals surface area contributed by atoms with Crippen molar-refractivity contribution in [1.29, 1.82) is 0 Å². The Kier molecular flexibility index (Phi) is 0.543. The summed E-state index contributed by atoms with van der Waals surface area (Å²) in [7, 11) is 0. The van der Waals surface area contributed by atoms with Gasteiger partial charge in [0.25, 0.3) is 0 Å². The van der Waals surface area contributed by atoms with Gasteiger partial charge in [0.2, 0.25) is 0 Å². The molecule has 1 N–H and O–H groups in total. The summed E-state index contributed by atoms with van der Waals surface area (Å²) in [6.45, 7) is -0.300. The van der Waals surface area contributed by atoms with Gasteiger partial charge in [-0.2, -0.15) is 0 Å². The number of likely N-dealkylation sites (tertiary alicyclic amines) is 1. The minimum absolute atomic E-state index is 0.844. The molecule has 0 aromatic rings. The molecule has 2 rings (SSSR count). The van der Waals surface area contributed by atoms with E-state index in [2.05, 4.69) is 5.32 Å². The van der Waals surface area contributed by atoms with Gasteiger partial charge in [0.1, 0.15) is 0 Å². The average molecular weight is 162 g/mol. The third-order valence-corrected chi connectivity index (χ3v) is 1.67. The monoisotopic (exact) mass is 162 g/mol. The zero-order valence-electron chi connectivity index (χ0n) is 14.9. The van der Waals surface area contributed by atoms with Crippen molar-refractivity contribution in [3.8, 4) is 0 Å². The van der Waals surface area contributed by atoms with Crippen LogP contribution in [-0.2, 0) is 0 Å². The maximum atomic E-state index is 8.32. The first kappa shape index (κ1) is 2.71. The van der Waals surface area contributed by atoms with Gasteiger partial charge in [0, 0.05) is 41.5 Å². The molecule has 0 aromatic carbocycles. The Morgan fingerprint density at radius 1 is 1.64 bits per heavy atom. The van der Waals surface area contributed by atoms with E-state index in [0.717, 1.165) is 4.90 Å². The van der Waals surface area contributed by atoms with Crippen LogP contribution in [0.2, 0.25) is 0 Å². The van der Waals surface area contributed by atoms with E-state index in [-0.39, 0.29) is 0 Å². The van der Waals surface area contributed by atoms with Gasteiger partial charge in [0.05, 0.1) is 0 Å². The summed E-state index contributed by atoms with van der Waals surface area (Å²) in [6, 6.07) is -5.07. The van der Waals surface area contributed by atoms with Gasteiger partial charge in [-0.1, -0.05) is 0 Å². The van der Waals surface area contributed by atoms with Crippen LogP contribution in [0.5, 0.6) is 0 Å². The molecule has 2 atom stereocenters. The summed E-state index contributed by atoms with van der Waals surface area (Å²) in [5.74, 6) is 0. The smallest absolute Gasteiger partial charge is 0.0481 e. The molecule has 2 aliphatic rings. The van der Waals surface area contributed by atoms with Gasteiger partial charge in [0.15, 0.2) is 0 Å². The van der Waals surface area contributed by atoms with Crippen molar-refractivity contribution in [2.75, 3.05) is 13.0 Å².